The summed E-state index contributed by atoms with van der Waals surface area (Å²) in [6.07, 6.45) is 3.16. The van der Waals surface area contributed by atoms with E-state index in [4.69, 9.17) is 11.6 Å². The lowest BCUT2D eigenvalue weighted by atomic mass is 10.5. The Labute approximate surface area is 71.1 Å². The van der Waals surface area contributed by atoms with Crippen molar-refractivity contribution in [2.75, 3.05) is 13.6 Å². The van der Waals surface area contributed by atoms with Gasteiger partial charge >= 0.3 is 0 Å². The van der Waals surface area contributed by atoms with Gasteiger partial charge in [0.2, 0.25) is 5.91 Å². The summed E-state index contributed by atoms with van der Waals surface area (Å²) in [4.78, 5) is 14.4. The molecule has 0 saturated heterocycles. The molecular formula is C7H11ClN2O. The minimum Gasteiger partial charge on any atom is -0.358 e. The smallest absolute Gasteiger partial charge is 0.241 e. The molecule has 0 fully saturated rings. The quantitative estimate of drug-likeness (QED) is 0.636. The Bertz CT molecular complexity index is 187. The minimum absolute atomic E-state index is 0.123. The zero-order chi connectivity index (χ0) is 8.69. The maximum Gasteiger partial charge on any atom is 0.241 e. The van der Waals surface area contributed by atoms with Crippen LogP contribution in [-0.4, -0.2) is 25.7 Å². The summed E-state index contributed by atoms with van der Waals surface area (Å²) < 4.78 is 0. The Balaban J connectivity index is 3.69. The normalized spacial score (nSPS) is 12.1. The van der Waals surface area contributed by atoms with Crippen LogP contribution in [0.5, 0.6) is 0 Å². The van der Waals surface area contributed by atoms with Gasteiger partial charge in [-0.1, -0.05) is 17.7 Å². The Morgan fingerprint density at radius 3 is 2.82 bits per heavy atom. The Morgan fingerprint density at radius 2 is 2.36 bits per heavy atom. The van der Waals surface area contributed by atoms with Gasteiger partial charge in [0.25, 0.3) is 0 Å². The highest BCUT2D eigenvalue weighted by Gasteiger charge is 1.91. The highest BCUT2D eigenvalue weighted by molar-refractivity contribution is 6.39. The fourth-order valence-electron chi connectivity index (χ4n) is 0.369. The Morgan fingerprint density at radius 1 is 1.73 bits per heavy atom. The van der Waals surface area contributed by atoms with Gasteiger partial charge in [0.1, 0.15) is 6.54 Å². The summed E-state index contributed by atoms with van der Waals surface area (Å²) in [6, 6.07) is 0. The van der Waals surface area contributed by atoms with Crippen LogP contribution in [0, 0.1) is 0 Å². The maximum atomic E-state index is 10.6. The van der Waals surface area contributed by atoms with Crippen LogP contribution in [0.25, 0.3) is 0 Å². The van der Waals surface area contributed by atoms with Gasteiger partial charge in [-0.3, -0.25) is 9.79 Å². The van der Waals surface area contributed by atoms with E-state index >= 15 is 0 Å². The molecule has 0 aromatic carbocycles. The molecule has 11 heavy (non-hydrogen) atoms. The highest BCUT2D eigenvalue weighted by Crippen LogP contribution is 1.94. The number of allylic oxidation sites excluding steroid dienone is 2. The van der Waals surface area contributed by atoms with Crippen molar-refractivity contribution in [1.82, 2.24) is 5.32 Å². The fraction of sp³-hybridized carbons (Fsp3) is 0.429. The summed E-state index contributed by atoms with van der Waals surface area (Å²) >= 11 is 5.57. The van der Waals surface area contributed by atoms with E-state index in [1.807, 2.05) is 0 Å². The van der Waals surface area contributed by atoms with Crippen molar-refractivity contribution < 1.29 is 4.79 Å². The third-order valence-corrected chi connectivity index (χ3v) is 1.32. The van der Waals surface area contributed by atoms with Gasteiger partial charge in [0.15, 0.2) is 0 Å². The van der Waals surface area contributed by atoms with Crippen molar-refractivity contribution in [2.45, 2.75) is 6.92 Å². The van der Waals surface area contributed by atoms with Gasteiger partial charge in [0, 0.05) is 13.3 Å². The number of nitrogens with zero attached hydrogens (tertiary/aromatic N) is 1. The SMILES string of the molecule is C/C=C(Cl)\C=N/CC(=O)NC. The Kier molecular flexibility index (Phi) is 5.47. The van der Waals surface area contributed by atoms with Gasteiger partial charge in [-0.05, 0) is 6.92 Å². The van der Waals surface area contributed by atoms with Crippen LogP contribution < -0.4 is 5.32 Å². The van der Waals surface area contributed by atoms with Crippen LogP contribution in [0.1, 0.15) is 6.92 Å². The molecule has 0 rings (SSSR count). The Hall–Kier alpha value is -0.830. The second-order valence-electron chi connectivity index (χ2n) is 1.82. The standard InChI is InChI=1S/C7H11ClN2O/c1-3-6(8)4-10-5-7(11)9-2/h3-4H,5H2,1-2H3,(H,9,11)/b6-3+,10-4-. The first-order valence-electron chi connectivity index (χ1n) is 3.23. The molecule has 62 valence electrons. The van der Waals surface area contributed by atoms with Crippen LogP contribution in [-0.2, 0) is 4.79 Å². The molecule has 0 aliphatic rings. The second kappa shape index (κ2) is 5.92. The third-order valence-electron chi connectivity index (χ3n) is 1.00. The summed E-state index contributed by atoms with van der Waals surface area (Å²) in [6.45, 7) is 1.93. The first kappa shape index (κ1) is 10.2. The summed E-state index contributed by atoms with van der Waals surface area (Å²) in [5, 5.41) is 2.98. The molecule has 0 bridgehead atoms. The number of aliphatic imine (C=N–C) groups is 1. The molecule has 0 aliphatic heterocycles. The zero-order valence-corrected chi connectivity index (χ0v) is 7.35. The van der Waals surface area contributed by atoms with E-state index in [0.717, 1.165) is 0 Å². The lowest BCUT2D eigenvalue weighted by Gasteiger charge is -1.91. The number of hydrogen-bond donors (Lipinski definition) is 1. The topological polar surface area (TPSA) is 41.5 Å². The van der Waals surface area contributed by atoms with E-state index in [1.165, 1.54) is 6.21 Å². The summed E-state index contributed by atoms with van der Waals surface area (Å²) in [5.74, 6) is -0.123. The molecule has 0 heterocycles. The van der Waals surface area contributed by atoms with Gasteiger partial charge < -0.3 is 5.32 Å². The molecule has 0 radical (unpaired) electrons. The monoisotopic (exact) mass is 174 g/mol. The molecular weight excluding hydrogens is 164 g/mol. The molecule has 0 aromatic heterocycles. The van der Waals surface area contributed by atoms with E-state index in [9.17, 15) is 4.79 Å². The van der Waals surface area contributed by atoms with E-state index in [0.29, 0.717) is 5.03 Å². The van der Waals surface area contributed by atoms with Crippen LogP contribution in [0.4, 0.5) is 0 Å². The minimum atomic E-state index is -0.123. The fourth-order valence-corrected chi connectivity index (χ4v) is 0.438. The van der Waals surface area contributed by atoms with Crippen LogP contribution in [0.15, 0.2) is 16.1 Å². The van der Waals surface area contributed by atoms with Crippen molar-refractivity contribution in [3.05, 3.63) is 11.1 Å². The van der Waals surface area contributed by atoms with Crippen molar-refractivity contribution >= 4 is 23.7 Å². The maximum absolute atomic E-state index is 10.6. The van der Waals surface area contributed by atoms with Crippen molar-refractivity contribution in [1.29, 1.82) is 0 Å². The molecule has 1 N–H and O–H groups in total. The van der Waals surface area contributed by atoms with Gasteiger partial charge in [-0.25, -0.2) is 0 Å². The predicted octanol–water partition coefficient (Wildman–Crippen LogP) is 0.946. The van der Waals surface area contributed by atoms with E-state index in [1.54, 1.807) is 20.0 Å². The summed E-state index contributed by atoms with van der Waals surface area (Å²) in [7, 11) is 1.56. The number of nitrogens with one attached hydrogen (secondary N) is 1. The first-order chi connectivity index (χ1) is 5.20. The number of carbonyl (C=O) groups excluding carboxylic acids is 1. The number of halogens is 1. The number of carbonyl (C=O) groups is 1. The van der Waals surface area contributed by atoms with E-state index in [2.05, 4.69) is 10.3 Å². The van der Waals surface area contributed by atoms with Crippen molar-refractivity contribution in [3.8, 4) is 0 Å². The van der Waals surface area contributed by atoms with Crippen LogP contribution in [0.2, 0.25) is 0 Å². The first-order valence-corrected chi connectivity index (χ1v) is 3.60. The number of hydrogen-bond acceptors (Lipinski definition) is 2. The molecule has 0 aliphatic carbocycles. The molecule has 1 amide bonds. The molecule has 0 spiro atoms. The number of rotatable bonds is 3. The van der Waals surface area contributed by atoms with Crippen molar-refractivity contribution in [2.24, 2.45) is 4.99 Å². The lowest BCUT2D eigenvalue weighted by Crippen LogP contribution is -2.20. The van der Waals surface area contributed by atoms with Gasteiger partial charge in [-0.15, -0.1) is 0 Å². The summed E-state index contributed by atoms with van der Waals surface area (Å²) in [5.41, 5.74) is 0. The predicted molar refractivity (Wildman–Crippen MR) is 47.0 cm³/mol. The third kappa shape index (κ3) is 5.61. The lowest BCUT2D eigenvalue weighted by molar-refractivity contribution is -0.119. The average Bonchev–Trinajstić information content (AvgIpc) is 2.04. The average molecular weight is 175 g/mol. The van der Waals surface area contributed by atoms with Crippen LogP contribution in [0.3, 0.4) is 0 Å². The zero-order valence-electron chi connectivity index (χ0n) is 6.60. The molecule has 0 saturated carbocycles. The van der Waals surface area contributed by atoms with Gasteiger partial charge in [-0.2, -0.15) is 0 Å². The largest absolute Gasteiger partial charge is 0.358 e. The second-order valence-corrected chi connectivity index (χ2v) is 2.25. The van der Waals surface area contributed by atoms with E-state index in [-0.39, 0.29) is 12.5 Å². The molecule has 3 nitrogen and oxygen atoms in total. The molecule has 4 heteroatoms. The van der Waals surface area contributed by atoms with E-state index < -0.39 is 0 Å². The number of likely N-dealkylation sites (N-methyl/N-ethyl adjacent to an activating group) is 1. The molecule has 0 unspecified atom stereocenters. The molecule has 0 atom stereocenters. The van der Waals surface area contributed by atoms with Gasteiger partial charge in [0.05, 0.1) is 5.03 Å². The van der Waals surface area contributed by atoms with Crippen molar-refractivity contribution in [3.63, 3.8) is 0 Å². The van der Waals surface area contributed by atoms with Crippen LogP contribution >= 0.6 is 11.6 Å². The molecule has 0 aromatic rings. The number of amides is 1. The highest BCUT2D eigenvalue weighted by atomic mass is 35.5.